The second-order valence-electron chi connectivity index (χ2n) is 9.90. The topological polar surface area (TPSA) is 70.6 Å². The number of carboxylic acids is 1. The van der Waals surface area contributed by atoms with Crippen molar-refractivity contribution in [2.45, 2.75) is 57.2 Å². The molecule has 0 spiro atoms. The van der Waals surface area contributed by atoms with E-state index in [-0.39, 0.29) is 28.3 Å². The first-order valence-corrected chi connectivity index (χ1v) is 13.5. The van der Waals surface area contributed by atoms with Crippen LogP contribution in [0.5, 0.6) is 5.75 Å². The van der Waals surface area contributed by atoms with Gasteiger partial charge in [0, 0.05) is 23.4 Å². The van der Waals surface area contributed by atoms with Gasteiger partial charge in [0.1, 0.15) is 22.8 Å². The molecule has 0 saturated heterocycles. The van der Waals surface area contributed by atoms with Crippen LogP contribution in [0.15, 0.2) is 34.7 Å². The predicted molar refractivity (Wildman–Crippen MR) is 139 cm³/mol. The van der Waals surface area contributed by atoms with E-state index in [1.54, 1.807) is 17.5 Å². The molecular formula is C26H28F4N2O3S2. The van der Waals surface area contributed by atoms with Gasteiger partial charge in [-0.25, -0.2) is 22.4 Å². The molecule has 1 aliphatic heterocycles. The van der Waals surface area contributed by atoms with Crippen LogP contribution >= 0.6 is 23.7 Å². The Balaban J connectivity index is 1.47. The first kappa shape index (κ1) is 27.5. The first-order valence-electron chi connectivity index (χ1n) is 11.8. The summed E-state index contributed by atoms with van der Waals surface area (Å²) in [6.07, 6.45) is 0.427. The number of benzene rings is 2. The number of carboxylic acid groups (broad SMARTS) is 1. The lowest BCUT2D eigenvalue weighted by molar-refractivity contribution is 0.0691. The zero-order valence-corrected chi connectivity index (χ0v) is 22.2. The van der Waals surface area contributed by atoms with E-state index in [4.69, 9.17) is 9.84 Å². The lowest BCUT2D eigenvalue weighted by atomic mass is 9.71. The fourth-order valence-electron chi connectivity index (χ4n) is 4.71. The molecule has 1 heterocycles. The van der Waals surface area contributed by atoms with Gasteiger partial charge in [-0.15, -0.1) is 11.8 Å². The van der Waals surface area contributed by atoms with Crippen LogP contribution in [0.2, 0.25) is 0 Å². The molecule has 11 heteroatoms. The van der Waals surface area contributed by atoms with Crippen molar-refractivity contribution >= 4 is 35.4 Å². The Hall–Kier alpha value is -2.53. The van der Waals surface area contributed by atoms with E-state index in [0.717, 1.165) is 49.8 Å². The Bertz CT molecular complexity index is 1210. The quantitative estimate of drug-likeness (QED) is 0.224. The number of aromatic carboxylic acids is 1. The van der Waals surface area contributed by atoms with Gasteiger partial charge in [0.15, 0.2) is 0 Å². The highest BCUT2D eigenvalue weighted by Crippen LogP contribution is 2.47. The molecule has 1 atom stereocenters. The summed E-state index contributed by atoms with van der Waals surface area (Å²) in [5.74, 6) is -3.12. The molecule has 2 aliphatic rings. The van der Waals surface area contributed by atoms with Crippen molar-refractivity contribution in [2.75, 3.05) is 11.8 Å². The summed E-state index contributed by atoms with van der Waals surface area (Å²) in [5.41, 5.74) is -0.175. The number of hydrogen-bond acceptors (Lipinski definition) is 6. The summed E-state index contributed by atoms with van der Waals surface area (Å²) < 4.78 is 65.8. The van der Waals surface area contributed by atoms with E-state index in [2.05, 4.69) is 23.9 Å². The van der Waals surface area contributed by atoms with Crippen molar-refractivity contribution in [3.63, 3.8) is 0 Å². The molecule has 1 aliphatic carbocycles. The number of ether oxygens (including phenoxy) is 1. The zero-order valence-electron chi connectivity index (χ0n) is 20.5. The molecule has 0 bridgehead atoms. The fourth-order valence-corrected chi connectivity index (χ4v) is 6.57. The number of alkyl halides is 2. The molecule has 0 aromatic heterocycles. The third-order valence-corrected chi connectivity index (χ3v) is 8.84. The van der Waals surface area contributed by atoms with E-state index in [0.29, 0.717) is 10.6 Å². The Morgan fingerprint density at radius 2 is 1.89 bits per heavy atom. The summed E-state index contributed by atoms with van der Waals surface area (Å²) >= 11 is 2.26. The maximum Gasteiger partial charge on any atom is 0.338 e. The Morgan fingerprint density at radius 3 is 2.51 bits per heavy atom. The minimum atomic E-state index is -2.97. The highest BCUT2D eigenvalue weighted by atomic mass is 32.2. The molecule has 200 valence electrons. The average Bonchev–Trinajstić information content (AvgIpc) is 3.31. The van der Waals surface area contributed by atoms with Crippen LogP contribution in [0.1, 0.15) is 84.3 Å². The number of rotatable bonds is 8. The van der Waals surface area contributed by atoms with Crippen molar-refractivity contribution in [1.29, 1.82) is 0 Å². The van der Waals surface area contributed by atoms with Gasteiger partial charge in [0.25, 0.3) is 6.43 Å². The van der Waals surface area contributed by atoms with Crippen molar-refractivity contribution in [2.24, 2.45) is 5.41 Å². The second kappa shape index (κ2) is 11.1. The van der Waals surface area contributed by atoms with Crippen LogP contribution in [0.25, 0.3) is 0 Å². The van der Waals surface area contributed by atoms with Crippen LogP contribution in [0.3, 0.4) is 0 Å². The fraction of sp³-hybridized carbons (Fsp3) is 0.423. The van der Waals surface area contributed by atoms with Gasteiger partial charge in [-0.1, -0.05) is 26.0 Å². The van der Waals surface area contributed by atoms with E-state index in [9.17, 15) is 18.0 Å². The Morgan fingerprint density at radius 1 is 1.22 bits per heavy atom. The molecule has 2 aromatic rings. The van der Waals surface area contributed by atoms with Gasteiger partial charge in [-0.3, -0.25) is 0 Å². The second-order valence-corrected chi connectivity index (χ2v) is 11.7. The number of nitrogens with one attached hydrogen (secondary N) is 2. The zero-order chi connectivity index (χ0) is 26.9. The summed E-state index contributed by atoms with van der Waals surface area (Å²) in [7, 11) is 1.33. The summed E-state index contributed by atoms with van der Waals surface area (Å²) in [4.78, 5) is 11.2. The highest BCUT2D eigenvalue weighted by molar-refractivity contribution is 8.07. The molecule has 3 N–H and O–H groups in total. The third-order valence-electron chi connectivity index (χ3n) is 6.90. The van der Waals surface area contributed by atoms with Gasteiger partial charge in [-0.05, 0) is 54.2 Å². The Kier molecular flexibility index (Phi) is 8.23. The minimum Gasteiger partial charge on any atom is -0.495 e. The number of anilines is 1. The van der Waals surface area contributed by atoms with Crippen LogP contribution in [0.4, 0.5) is 23.2 Å². The van der Waals surface area contributed by atoms with Crippen molar-refractivity contribution in [3.8, 4) is 5.75 Å². The van der Waals surface area contributed by atoms with E-state index in [1.165, 1.54) is 18.9 Å². The van der Waals surface area contributed by atoms with Crippen LogP contribution in [0, 0.1) is 17.0 Å². The maximum atomic E-state index is 15.4. The maximum absolute atomic E-state index is 15.4. The van der Waals surface area contributed by atoms with Gasteiger partial charge in [-0.2, -0.15) is 0 Å². The number of hydrogen-bond donors (Lipinski definition) is 3. The van der Waals surface area contributed by atoms with Crippen LogP contribution in [-0.4, -0.2) is 18.2 Å². The molecule has 0 radical (unpaired) electrons. The third kappa shape index (κ3) is 5.98. The van der Waals surface area contributed by atoms with E-state index in [1.807, 2.05) is 0 Å². The summed E-state index contributed by atoms with van der Waals surface area (Å²) in [6, 6.07) is 5.30. The van der Waals surface area contributed by atoms with Crippen molar-refractivity contribution < 1.29 is 32.2 Å². The van der Waals surface area contributed by atoms with Crippen LogP contribution < -0.4 is 14.8 Å². The molecule has 2 aromatic carbocycles. The number of halogens is 4. The summed E-state index contributed by atoms with van der Waals surface area (Å²) in [6.45, 7) is 4.34. The number of thioether (sulfide) groups is 1. The molecule has 1 unspecified atom stereocenters. The van der Waals surface area contributed by atoms with Gasteiger partial charge in [0.2, 0.25) is 0 Å². The minimum absolute atomic E-state index is 0.0694. The largest absolute Gasteiger partial charge is 0.495 e. The monoisotopic (exact) mass is 556 g/mol. The first-order chi connectivity index (χ1) is 17.5. The standard InChI is InChI=1S/C26H28F4N2O3S2/c1-26(2)8-6-13(7-9-26)14-4-5-15(21(22(14)28)23(29)30)24-31-20(12-36-24)37-32-18-11-17(27)16(25(33)34)10-19(18)35-3/h4-5,10-13,23-24,31-32H,6-9H2,1-3H3,(H,33,34). The van der Waals surface area contributed by atoms with Gasteiger partial charge >= 0.3 is 5.97 Å². The summed E-state index contributed by atoms with van der Waals surface area (Å²) in [5, 5.41) is 13.8. The number of carbonyl (C=O) groups is 1. The van der Waals surface area contributed by atoms with Gasteiger partial charge < -0.3 is 19.9 Å². The predicted octanol–water partition coefficient (Wildman–Crippen LogP) is 8.19. The van der Waals surface area contributed by atoms with E-state index >= 15 is 4.39 Å². The molecule has 4 rings (SSSR count). The SMILES string of the molecule is COc1cc(C(=O)O)c(F)cc1NSC1=CSC(c2ccc(C3CCC(C)(C)CC3)c(F)c2C(F)F)N1. The normalized spacial score (nSPS) is 19.5. The molecule has 0 amide bonds. The van der Waals surface area contributed by atoms with Gasteiger partial charge in [0.05, 0.1) is 29.0 Å². The lowest BCUT2D eigenvalue weighted by Gasteiger charge is -2.35. The van der Waals surface area contributed by atoms with Crippen molar-refractivity contribution in [3.05, 3.63) is 68.6 Å². The molecule has 1 saturated carbocycles. The molecule has 1 fully saturated rings. The Labute approximate surface area is 221 Å². The highest BCUT2D eigenvalue weighted by Gasteiger charge is 2.33. The van der Waals surface area contributed by atoms with Crippen molar-refractivity contribution in [1.82, 2.24) is 5.32 Å². The molecule has 5 nitrogen and oxygen atoms in total. The molecule has 37 heavy (non-hydrogen) atoms. The lowest BCUT2D eigenvalue weighted by Crippen LogP contribution is -2.22. The van der Waals surface area contributed by atoms with Crippen LogP contribution in [-0.2, 0) is 0 Å². The smallest absolute Gasteiger partial charge is 0.338 e. The number of methoxy groups -OCH3 is 1. The molecular weight excluding hydrogens is 528 g/mol. The average molecular weight is 557 g/mol. The van der Waals surface area contributed by atoms with E-state index < -0.39 is 40.5 Å².